The van der Waals surface area contributed by atoms with Crippen molar-refractivity contribution in [3.63, 3.8) is 0 Å². The van der Waals surface area contributed by atoms with E-state index in [1.54, 1.807) is 11.1 Å². The molecule has 10 aromatic carbocycles. The number of rotatable bonds is 9. The quantitative estimate of drug-likeness (QED) is 0.0986. The van der Waals surface area contributed by atoms with Crippen LogP contribution in [0.1, 0.15) is 250 Å². The number of H-pyrrole nitrogens is 2. The van der Waals surface area contributed by atoms with Crippen LogP contribution in [-0.2, 0) is 25.8 Å². The zero-order chi connectivity index (χ0) is 80.5. The molecule has 0 saturated heterocycles. The maximum absolute atomic E-state index is 4.41. The number of nitrogens with zero attached hydrogens (tertiary/aromatic N) is 3. The first-order valence-corrected chi connectivity index (χ1v) is 41.7. The minimum Gasteiger partial charge on any atom is -0.384 e. The molecule has 8 heterocycles. The highest BCUT2D eigenvalue weighted by atomic mass is 14.9. The third-order valence-corrected chi connectivity index (χ3v) is 21.6. The highest BCUT2D eigenvalue weighted by molar-refractivity contribution is 5.88. The molecule has 0 bridgehead atoms. The largest absolute Gasteiger partial charge is 0.384 e. The van der Waals surface area contributed by atoms with Gasteiger partial charge < -0.3 is 25.9 Å². The summed E-state index contributed by atoms with van der Waals surface area (Å²) in [6.45, 7) is 44.4. The summed E-state index contributed by atoms with van der Waals surface area (Å²) in [5.74, 6) is 5.33. The monoisotopic (exact) mass is 1500 g/mol. The van der Waals surface area contributed by atoms with Crippen LogP contribution in [0.15, 0.2) is 268 Å². The van der Waals surface area contributed by atoms with Crippen molar-refractivity contribution in [2.24, 2.45) is 0 Å². The van der Waals surface area contributed by atoms with Crippen molar-refractivity contribution in [1.29, 1.82) is 0 Å². The van der Waals surface area contributed by atoms with Gasteiger partial charge in [-0.05, 0) is 227 Å². The predicted octanol–water partition coefficient (Wildman–Crippen LogP) is 28.6. The Kier molecular flexibility index (Phi) is 31.3. The molecule has 18 rings (SSSR count). The molecule has 0 radical (unpaired) electrons. The van der Waals surface area contributed by atoms with E-state index in [2.05, 4.69) is 384 Å². The minimum atomic E-state index is 0.492. The van der Waals surface area contributed by atoms with Crippen molar-refractivity contribution in [2.75, 3.05) is 30.3 Å². The van der Waals surface area contributed by atoms with Crippen LogP contribution >= 0.6 is 0 Å². The first-order valence-electron chi connectivity index (χ1n) is 41.7. The summed E-state index contributed by atoms with van der Waals surface area (Å²) in [5.41, 5.74) is 25.0. The summed E-state index contributed by atoms with van der Waals surface area (Å²) < 4.78 is 0. The van der Waals surface area contributed by atoms with Gasteiger partial charge in [0.25, 0.3) is 0 Å². The summed E-state index contributed by atoms with van der Waals surface area (Å²) in [4.78, 5) is 19.4. The molecule has 8 nitrogen and oxygen atoms in total. The first-order chi connectivity index (χ1) is 54.6. The Morgan fingerprint density at radius 3 is 1.50 bits per heavy atom. The Morgan fingerprint density at radius 2 is 0.814 bits per heavy atom. The Hall–Kier alpha value is -10.7. The Morgan fingerprint density at radius 1 is 0.310 bits per heavy atom. The number of hydrogen-bond donors (Lipinski definition) is 5. The number of para-hydroxylation sites is 3. The molecule has 0 saturated carbocycles. The van der Waals surface area contributed by atoms with Crippen molar-refractivity contribution < 1.29 is 0 Å². The average molecular weight is 1500 g/mol. The third kappa shape index (κ3) is 23.0. The van der Waals surface area contributed by atoms with Crippen molar-refractivity contribution in [1.82, 2.24) is 30.2 Å². The van der Waals surface area contributed by atoms with Gasteiger partial charge in [-0.3, -0.25) is 15.0 Å². The maximum Gasteiger partial charge on any atom is 0.0704 e. The van der Waals surface area contributed by atoms with Gasteiger partial charge in [0.1, 0.15) is 0 Å². The fourth-order valence-electron chi connectivity index (χ4n) is 15.2. The number of fused-ring (bicyclic) bond motifs is 9. The summed E-state index contributed by atoms with van der Waals surface area (Å²) in [5, 5.41) is 22.0. The molecule has 3 aliphatic heterocycles. The highest BCUT2D eigenvalue weighted by Crippen LogP contribution is 2.34. The summed E-state index contributed by atoms with van der Waals surface area (Å²) >= 11 is 0. The van der Waals surface area contributed by atoms with Gasteiger partial charge in [-0.2, -0.15) is 0 Å². The molecular formula is C105H126N8. The molecule has 586 valence electrons. The Balaban J connectivity index is 0.000000135. The van der Waals surface area contributed by atoms with E-state index in [1.165, 1.54) is 151 Å². The topological polar surface area (TPSA) is 106 Å². The molecule has 5 aromatic heterocycles. The van der Waals surface area contributed by atoms with E-state index in [-0.39, 0.29) is 0 Å². The fraction of sp³-hybridized carbons (Fsp3) is 0.324. The lowest BCUT2D eigenvalue weighted by atomic mass is 9.90. The zero-order valence-corrected chi connectivity index (χ0v) is 70.9. The van der Waals surface area contributed by atoms with Gasteiger partial charge >= 0.3 is 0 Å². The second-order valence-corrected chi connectivity index (χ2v) is 32.9. The van der Waals surface area contributed by atoms with Crippen LogP contribution in [0.5, 0.6) is 0 Å². The van der Waals surface area contributed by atoms with Gasteiger partial charge in [0.15, 0.2) is 0 Å². The van der Waals surface area contributed by atoms with Crippen molar-refractivity contribution >= 4 is 76.4 Å². The highest BCUT2D eigenvalue weighted by Gasteiger charge is 2.17. The first kappa shape index (κ1) is 84.8. The van der Waals surface area contributed by atoms with Crippen LogP contribution in [0.3, 0.4) is 0 Å². The molecule has 0 atom stereocenters. The number of anilines is 2. The number of aromatic amines is 2. The number of benzene rings is 10. The predicted molar refractivity (Wildman–Crippen MR) is 492 cm³/mol. The van der Waals surface area contributed by atoms with Crippen LogP contribution in [0, 0.1) is 0 Å². The lowest BCUT2D eigenvalue weighted by Crippen LogP contribution is -2.24. The van der Waals surface area contributed by atoms with Crippen LogP contribution in [0.2, 0.25) is 0 Å². The SMILES string of the molecule is CC(C)c1ccc2[nH]ccc2c1.CC(C)c1ccc2c(c1)CCN2.CC(C)c1cccc2c1CNCC2.CC(C)c1cccc2c1NCC2.CC(C)c1cccc2cc[nH]c12.CC(C)c1cccc2ccccc12.CC(C)c1ccnc2ccccc12.CC(C)c1cncc2ccccc12.CC(C)c1nccc2ccccc12. The van der Waals surface area contributed by atoms with E-state index in [4.69, 9.17) is 0 Å². The second kappa shape index (κ2) is 41.7. The fourth-order valence-corrected chi connectivity index (χ4v) is 15.2. The van der Waals surface area contributed by atoms with Gasteiger partial charge in [-0.15, -0.1) is 0 Å². The molecule has 15 aromatic rings. The Bertz CT molecular complexity index is 5100. The van der Waals surface area contributed by atoms with Crippen LogP contribution in [-0.4, -0.2) is 44.6 Å². The summed E-state index contributed by atoms with van der Waals surface area (Å²) in [7, 11) is 0. The normalized spacial score (nSPS) is 12.4. The number of hydrogen-bond acceptors (Lipinski definition) is 6. The number of aromatic nitrogens is 5. The van der Waals surface area contributed by atoms with Crippen molar-refractivity contribution in [2.45, 2.75) is 204 Å². The van der Waals surface area contributed by atoms with Gasteiger partial charge in [-0.25, -0.2) is 0 Å². The van der Waals surface area contributed by atoms with E-state index >= 15 is 0 Å². The molecule has 8 heteroatoms. The van der Waals surface area contributed by atoms with E-state index in [0.29, 0.717) is 53.3 Å². The Labute approximate surface area is 676 Å². The van der Waals surface area contributed by atoms with E-state index in [9.17, 15) is 0 Å². The van der Waals surface area contributed by atoms with Gasteiger partial charge in [0.05, 0.1) is 11.2 Å². The minimum absolute atomic E-state index is 0.492. The molecule has 0 spiro atoms. The molecule has 3 aliphatic rings. The third-order valence-electron chi connectivity index (χ3n) is 21.6. The molecule has 5 N–H and O–H groups in total. The van der Waals surface area contributed by atoms with Gasteiger partial charge in [0.2, 0.25) is 0 Å². The molecule has 113 heavy (non-hydrogen) atoms. The van der Waals surface area contributed by atoms with Crippen LogP contribution in [0.25, 0.3) is 65.0 Å². The molecule has 0 amide bonds. The maximum atomic E-state index is 4.41. The summed E-state index contributed by atoms with van der Waals surface area (Å²) in [6, 6.07) is 81.6. The van der Waals surface area contributed by atoms with Gasteiger partial charge in [0, 0.05) is 95.4 Å². The van der Waals surface area contributed by atoms with E-state index in [0.717, 1.165) is 31.7 Å². The average Bonchev–Trinajstić information content (AvgIpc) is 1.76. The van der Waals surface area contributed by atoms with E-state index in [1.807, 2.05) is 49.3 Å². The molecule has 0 unspecified atom stereocenters. The zero-order valence-electron chi connectivity index (χ0n) is 70.9. The second-order valence-electron chi connectivity index (χ2n) is 32.9. The van der Waals surface area contributed by atoms with Gasteiger partial charge in [-0.1, -0.05) is 307 Å². The smallest absolute Gasteiger partial charge is 0.0704 e. The van der Waals surface area contributed by atoms with Crippen molar-refractivity contribution in [3.8, 4) is 0 Å². The molecule has 0 fully saturated rings. The number of nitrogens with one attached hydrogen (secondary N) is 5. The summed E-state index contributed by atoms with van der Waals surface area (Å²) in [6.07, 6.45) is 15.2. The van der Waals surface area contributed by atoms with Crippen molar-refractivity contribution in [3.05, 3.63) is 340 Å². The standard InChI is InChI=1S/C13H14.C12H17N.3C12H13N.C11H15N.C11H13N.C11H15N.C11H13N/c1-10(2)12-9-5-7-11-6-3-4-8-13(11)12;1-9(2)11-5-3-4-10-6-7-13-8-12(10)11;1-9(2)12-8-13-7-10-5-3-4-6-11(10)12;1-9(2)10-7-8-13-12-6-4-3-5-11(10)12;1-9(2)12-11-6-4-3-5-10(11)7-8-13-12;2*1-8(2)9-3-4-11-10(7-9)5-6-12-11;2*1-8(2)10-5-3-4-9-6-7-12-11(9)10/h3-10H,1-2H3;3-5,9,13H,6-8H2,1-2H3;3*3-9H,1-2H3;3-4,7-8,12H,5-6H2,1-2H3;3-8,12H,1-2H3;3-5,8,12H,6-7H2,1-2H3;3-8,12H,1-2H3. The van der Waals surface area contributed by atoms with E-state index < -0.39 is 0 Å². The number of pyridine rings is 3. The van der Waals surface area contributed by atoms with Crippen LogP contribution in [0.4, 0.5) is 11.4 Å². The van der Waals surface area contributed by atoms with Crippen LogP contribution < -0.4 is 16.0 Å². The molecule has 0 aliphatic carbocycles. The molecular weight excluding hydrogens is 1370 g/mol. The lowest BCUT2D eigenvalue weighted by Gasteiger charge is -2.21. The lowest BCUT2D eigenvalue weighted by molar-refractivity contribution is 0.632.